The van der Waals surface area contributed by atoms with Gasteiger partial charge in [0.2, 0.25) is 5.91 Å². The Morgan fingerprint density at radius 1 is 1.00 bits per heavy atom. The highest BCUT2D eigenvalue weighted by Crippen LogP contribution is 2.32. The molecule has 4 heteroatoms. The second kappa shape index (κ2) is 8.48. The molecule has 0 unspecified atom stereocenters. The van der Waals surface area contributed by atoms with Crippen LogP contribution in [0.2, 0.25) is 0 Å². The summed E-state index contributed by atoms with van der Waals surface area (Å²) >= 11 is 0. The fourth-order valence-electron chi connectivity index (χ4n) is 4.71. The lowest BCUT2D eigenvalue weighted by Crippen LogP contribution is -2.47. The molecule has 0 aromatic heterocycles. The summed E-state index contributed by atoms with van der Waals surface area (Å²) < 4.78 is 5.35. The molecule has 0 aromatic carbocycles. The summed E-state index contributed by atoms with van der Waals surface area (Å²) in [5.74, 6) is 2.52. The molecule has 1 saturated carbocycles. The summed E-state index contributed by atoms with van der Waals surface area (Å²) in [6.07, 6.45) is 9.19. The van der Waals surface area contributed by atoms with E-state index in [0.717, 1.165) is 50.9 Å². The number of carbonyl (C=O) groups is 1. The molecule has 3 fully saturated rings. The van der Waals surface area contributed by atoms with Gasteiger partial charge < -0.3 is 14.5 Å². The minimum absolute atomic E-state index is 0.263. The molecular weight excluding hydrogens is 288 g/mol. The molecule has 3 aliphatic rings. The van der Waals surface area contributed by atoms with Crippen molar-refractivity contribution in [1.82, 2.24) is 9.80 Å². The number of hydrogen-bond donors (Lipinski definition) is 0. The summed E-state index contributed by atoms with van der Waals surface area (Å²) in [5.41, 5.74) is 0. The summed E-state index contributed by atoms with van der Waals surface area (Å²) in [6, 6.07) is 0. The van der Waals surface area contributed by atoms with Crippen molar-refractivity contribution in [2.24, 2.45) is 17.8 Å². The third-order valence-electron chi connectivity index (χ3n) is 6.24. The Labute approximate surface area is 141 Å². The van der Waals surface area contributed by atoms with Crippen LogP contribution in [0.3, 0.4) is 0 Å². The number of hydrogen-bond acceptors (Lipinski definition) is 3. The Hall–Kier alpha value is -0.610. The maximum atomic E-state index is 12.6. The normalized spacial score (nSPS) is 31.3. The molecule has 23 heavy (non-hydrogen) atoms. The van der Waals surface area contributed by atoms with E-state index in [2.05, 4.69) is 11.8 Å². The van der Waals surface area contributed by atoms with Gasteiger partial charge in [0.05, 0.1) is 13.2 Å². The van der Waals surface area contributed by atoms with Gasteiger partial charge in [-0.15, -0.1) is 0 Å². The monoisotopic (exact) mass is 322 g/mol. The summed E-state index contributed by atoms with van der Waals surface area (Å²) in [7, 11) is 0. The van der Waals surface area contributed by atoms with Crippen molar-refractivity contribution in [3.8, 4) is 0 Å². The van der Waals surface area contributed by atoms with Gasteiger partial charge in [0.15, 0.2) is 0 Å². The number of nitrogens with zero attached hydrogens (tertiary/aromatic N) is 2. The molecule has 2 atom stereocenters. The summed E-state index contributed by atoms with van der Waals surface area (Å²) in [6.45, 7) is 8.86. The second-order valence-electron chi connectivity index (χ2n) is 7.82. The maximum Gasteiger partial charge on any atom is 0.225 e. The molecule has 0 spiro atoms. The lowest BCUT2D eigenvalue weighted by Gasteiger charge is -2.38. The van der Waals surface area contributed by atoms with Crippen LogP contribution in [0.5, 0.6) is 0 Å². The lowest BCUT2D eigenvalue weighted by molar-refractivity contribution is -0.141. The molecule has 0 radical (unpaired) electrons. The molecule has 2 saturated heterocycles. The molecule has 2 heterocycles. The molecule has 0 aromatic rings. The van der Waals surface area contributed by atoms with Crippen molar-refractivity contribution in [2.45, 2.75) is 51.9 Å². The molecule has 132 valence electrons. The van der Waals surface area contributed by atoms with Gasteiger partial charge >= 0.3 is 0 Å². The van der Waals surface area contributed by atoms with Crippen molar-refractivity contribution < 1.29 is 9.53 Å². The minimum Gasteiger partial charge on any atom is -0.378 e. The predicted octanol–water partition coefficient (Wildman–Crippen LogP) is 2.77. The Morgan fingerprint density at radius 2 is 1.70 bits per heavy atom. The summed E-state index contributed by atoms with van der Waals surface area (Å²) in [4.78, 5) is 17.2. The number of rotatable bonds is 4. The van der Waals surface area contributed by atoms with Gasteiger partial charge in [0.25, 0.3) is 0 Å². The first-order chi connectivity index (χ1) is 11.3. The predicted molar refractivity (Wildman–Crippen MR) is 92.3 cm³/mol. The number of likely N-dealkylation sites (tertiary alicyclic amines) is 1. The molecule has 0 N–H and O–H groups in total. The van der Waals surface area contributed by atoms with Crippen LogP contribution < -0.4 is 0 Å². The average molecular weight is 322 g/mol. The van der Waals surface area contributed by atoms with Crippen molar-refractivity contribution in [3.63, 3.8) is 0 Å². The van der Waals surface area contributed by atoms with Gasteiger partial charge in [-0.25, -0.2) is 0 Å². The maximum absolute atomic E-state index is 12.6. The third-order valence-corrected chi connectivity index (χ3v) is 6.24. The van der Waals surface area contributed by atoms with Crippen LogP contribution in [0.15, 0.2) is 0 Å². The highest BCUT2D eigenvalue weighted by atomic mass is 16.5. The van der Waals surface area contributed by atoms with E-state index in [4.69, 9.17) is 4.74 Å². The molecule has 3 rings (SSSR count). The van der Waals surface area contributed by atoms with Crippen molar-refractivity contribution in [2.75, 3.05) is 45.9 Å². The zero-order valence-corrected chi connectivity index (χ0v) is 14.8. The van der Waals surface area contributed by atoms with E-state index in [0.29, 0.717) is 19.1 Å². The van der Waals surface area contributed by atoms with Crippen LogP contribution in [0.4, 0.5) is 0 Å². The van der Waals surface area contributed by atoms with E-state index in [9.17, 15) is 4.79 Å². The average Bonchev–Trinajstić information content (AvgIpc) is 2.63. The fourth-order valence-corrected chi connectivity index (χ4v) is 4.71. The quantitative estimate of drug-likeness (QED) is 0.798. The number of morpholine rings is 1. The standard InChI is InChI=1S/C19H34N2O2/c1-2-16-4-3-5-17(14-16)15-20-8-6-18(7-9-20)19(22)21-10-12-23-13-11-21/h16-18H,2-15H2,1H3/t16-,17+/m0/s1. The van der Waals surface area contributed by atoms with Crippen molar-refractivity contribution in [3.05, 3.63) is 0 Å². The Bertz CT molecular complexity index is 374. The van der Waals surface area contributed by atoms with E-state index in [1.54, 1.807) is 0 Å². The smallest absolute Gasteiger partial charge is 0.225 e. The number of amides is 1. The van der Waals surface area contributed by atoms with Crippen LogP contribution in [-0.4, -0.2) is 61.6 Å². The third kappa shape index (κ3) is 4.69. The van der Waals surface area contributed by atoms with Crippen LogP contribution in [0, 0.1) is 17.8 Å². The Kier molecular flexibility index (Phi) is 6.35. The highest BCUT2D eigenvalue weighted by molar-refractivity contribution is 5.79. The van der Waals surface area contributed by atoms with E-state index < -0.39 is 0 Å². The van der Waals surface area contributed by atoms with Gasteiger partial charge in [-0.3, -0.25) is 4.79 Å². The van der Waals surface area contributed by atoms with Gasteiger partial charge in [0.1, 0.15) is 0 Å². The highest BCUT2D eigenvalue weighted by Gasteiger charge is 2.30. The summed E-state index contributed by atoms with van der Waals surface area (Å²) in [5, 5.41) is 0. The zero-order valence-electron chi connectivity index (χ0n) is 14.8. The van der Waals surface area contributed by atoms with Gasteiger partial charge in [0, 0.05) is 25.6 Å². The van der Waals surface area contributed by atoms with E-state index in [-0.39, 0.29) is 5.92 Å². The van der Waals surface area contributed by atoms with E-state index >= 15 is 0 Å². The van der Waals surface area contributed by atoms with Crippen LogP contribution in [0.1, 0.15) is 51.9 Å². The Balaban J connectivity index is 1.40. The van der Waals surface area contributed by atoms with Gasteiger partial charge in [-0.1, -0.05) is 26.2 Å². The number of carbonyl (C=O) groups excluding carboxylic acids is 1. The topological polar surface area (TPSA) is 32.8 Å². The Morgan fingerprint density at radius 3 is 2.39 bits per heavy atom. The first kappa shape index (κ1) is 17.2. The van der Waals surface area contributed by atoms with Crippen LogP contribution in [-0.2, 0) is 9.53 Å². The zero-order chi connectivity index (χ0) is 16.1. The molecule has 0 bridgehead atoms. The number of piperidine rings is 1. The van der Waals surface area contributed by atoms with Gasteiger partial charge in [-0.2, -0.15) is 0 Å². The number of ether oxygens (including phenoxy) is 1. The second-order valence-corrected chi connectivity index (χ2v) is 7.82. The van der Waals surface area contributed by atoms with Crippen LogP contribution in [0.25, 0.3) is 0 Å². The minimum atomic E-state index is 0.263. The first-order valence-corrected chi connectivity index (χ1v) is 9.85. The fraction of sp³-hybridized carbons (Fsp3) is 0.947. The van der Waals surface area contributed by atoms with Crippen molar-refractivity contribution in [1.29, 1.82) is 0 Å². The van der Waals surface area contributed by atoms with Crippen LogP contribution >= 0.6 is 0 Å². The van der Waals surface area contributed by atoms with Gasteiger partial charge in [-0.05, 0) is 50.6 Å². The van der Waals surface area contributed by atoms with E-state index in [1.165, 1.54) is 38.6 Å². The lowest BCUT2D eigenvalue weighted by atomic mass is 9.79. The molecule has 2 aliphatic heterocycles. The molecular formula is C19H34N2O2. The molecule has 4 nitrogen and oxygen atoms in total. The first-order valence-electron chi connectivity index (χ1n) is 9.85. The largest absolute Gasteiger partial charge is 0.378 e. The van der Waals surface area contributed by atoms with Crippen molar-refractivity contribution >= 4 is 5.91 Å². The van der Waals surface area contributed by atoms with E-state index in [1.807, 2.05) is 4.90 Å². The molecule has 1 aliphatic carbocycles. The molecule has 1 amide bonds. The SMILES string of the molecule is CC[C@H]1CCC[C@@H](CN2CCC(C(=O)N3CCOCC3)CC2)C1.